The summed E-state index contributed by atoms with van der Waals surface area (Å²) in [4.78, 5) is 4.53. The van der Waals surface area contributed by atoms with Crippen molar-refractivity contribution in [1.29, 1.82) is 0 Å². The SMILES string of the molecule is CCNC(=NCCCOC)NCCc1ccc2c(c1)CCO2. The lowest BCUT2D eigenvalue weighted by atomic mass is 10.1. The Morgan fingerprint density at radius 3 is 3.09 bits per heavy atom. The Morgan fingerprint density at radius 1 is 1.36 bits per heavy atom. The summed E-state index contributed by atoms with van der Waals surface area (Å²) >= 11 is 0. The van der Waals surface area contributed by atoms with Gasteiger partial charge in [-0.2, -0.15) is 0 Å². The molecule has 1 heterocycles. The van der Waals surface area contributed by atoms with Crippen molar-refractivity contribution in [2.24, 2.45) is 4.99 Å². The topological polar surface area (TPSA) is 54.9 Å². The Balaban J connectivity index is 1.77. The van der Waals surface area contributed by atoms with E-state index in [9.17, 15) is 0 Å². The Labute approximate surface area is 133 Å². The molecule has 0 saturated carbocycles. The first-order chi connectivity index (χ1) is 10.8. The van der Waals surface area contributed by atoms with E-state index in [0.717, 1.165) is 63.8 Å². The van der Waals surface area contributed by atoms with Crippen molar-refractivity contribution < 1.29 is 9.47 Å². The van der Waals surface area contributed by atoms with Crippen LogP contribution >= 0.6 is 0 Å². The molecular formula is C17H27N3O2. The second-order valence-corrected chi connectivity index (χ2v) is 5.32. The summed E-state index contributed by atoms with van der Waals surface area (Å²) in [7, 11) is 1.72. The van der Waals surface area contributed by atoms with Crippen molar-refractivity contribution in [2.75, 3.05) is 40.0 Å². The highest BCUT2D eigenvalue weighted by Crippen LogP contribution is 2.25. The molecule has 122 valence electrons. The van der Waals surface area contributed by atoms with E-state index in [1.165, 1.54) is 11.1 Å². The zero-order chi connectivity index (χ0) is 15.6. The molecule has 1 aliphatic heterocycles. The molecule has 1 aromatic carbocycles. The molecule has 0 unspecified atom stereocenters. The van der Waals surface area contributed by atoms with Crippen LogP contribution in [0, 0.1) is 0 Å². The highest BCUT2D eigenvalue weighted by Gasteiger charge is 2.11. The van der Waals surface area contributed by atoms with E-state index in [-0.39, 0.29) is 0 Å². The molecule has 2 rings (SSSR count). The quantitative estimate of drug-likeness (QED) is 0.436. The Bertz CT molecular complexity index is 489. The second-order valence-electron chi connectivity index (χ2n) is 5.32. The standard InChI is InChI=1S/C17H27N3O2/c1-3-18-17(19-9-4-11-21-2)20-10-7-14-5-6-16-15(13-14)8-12-22-16/h5-6,13H,3-4,7-12H2,1-2H3,(H2,18,19,20). The van der Waals surface area contributed by atoms with Crippen molar-refractivity contribution in [1.82, 2.24) is 10.6 Å². The van der Waals surface area contributed by atoms with Crippen molar-refractivity contribution in [2.45, 2.75) is 26.2 Å². The molecule has 5 nitrogen and oxygen atoms in total. The number of nitrogens with one attached hydrogen (secondary N) is 2. The number of benzene rings is 1. The molecule has 0 bridgehead atoms. The van der Waals surface area contributed by atoms with Gasteiger partial charge in [0.2, 0.25) is 0 Å². The monoisotopic (exact) mass is 305 g/mol. The molecular weight excluding hydrogens is 278 g/mol. The molecule has 2 N–H and O–H groups in total. The number of guanidine groups is 1. The highest BCUT2D eigenvalue weighted by atomic mass is 16.5. The van der Waals surface area contributed by atoms with E-state index in [0.29, 0.717) is 0 Å². The number of methoxy groups -OCH3 is 1. The molecule has 0 atom stereocenters. The number of rotatable bonds is 8. The van der Waals surface area contributed by atoms with Gasteiger partial charge in [-0.15, -0.1) is 0 Å². The average molecular weight is 305 g/mol. The third-order valence-electron chi connectivity index (χ3n) is 3.58. The van der Waals surface area contributed by atoms with E-state index in [1.807, 2.05) is 0 Å². The third-order valence-corrected chi connectivity index (χ3v) is 3.58. The van der Waals surface area contributed by atoms with Gasteiger partial charge in [0, 0.05) is 39.8 Å². The van der Waals surface area contributed by atoms with Crippen molar-refractivity contribution in [3.05, 3.63) is 29.3 Å². The van der Waals surface area contributed by atoms with Gasteiger partial charge in [0.05, 0.1) is 6.61 Å². The lowest BCUT2D eigenvalue weighted by Gasteiger charge is -2.11. The van der Waals surface area contributed by atoms with Gasteiger partial charge in [-0.25, -0.2) is 0 Å². The van der Waals surface area contributed by atoms with Gasteiger partial charge >= 0.3 is 0 Å². The molecule has 0 aliphatic carbocycles. The third kappa shape index (κ3) is 5.22. The van der Waals surface area contributed by atoms with Crippen LogP contribution in [-0.4, -0.2) is 45.9 Å². The maximum absolute atomic E-state index is 5.54. The fraction of sp³-hybridized carbons (Fsp3) is 0.588. The van der Waals surface area contributed by atoms with Crippen LogP contribution in [0.5, 0.6) is 5.75 Å². The fourth-order valence-electron chi connectivity index (χ4n) is 2.46. The second kappa shape index (κ2) is 9.30. The Morgan fingerprint density at radius 2 is 2.27 bits per heavy atom. The van der Waals surface area contributed by atoms with Crippen LogP contribution in [0.15, 0.2) is 23.2 Å². The van der Waals surface area contributed by atoms with Crippen LogP contribution in [0.2, 0.25) is 0 Å². The van der Waals surface area contributed by atoms with Crippen molar-refractivity contribution in [3.63, 3.8) is 0 Å². The minimum atomic E-state index is 0.750. The maximum Gasteiger partial charge on any atom is 0.191 e. The van der Waals surface area contributed by atoms with Crippen LogP contribution in [0.1, 0.15) is 24.5 Å². The summed E-state index contributed by atoms with van der Waals surface area (Å²) < 4.78 is 10.6. The van der Waals surface area contributed by atoms with Crippen LogP contribution in [0.4, 0.5) is 0 Å². The van der Waals surface area contributed by atoms with Gasteiger partial charge in [-0.05, 0) is 37.0 Å². The summed E-state index contributed by atoms with van der Waals surface area (Å²) in [5.74, 6) is 1.92. The molecule has 1 aliphatic rings. The van der Waals surface area contributed by atoms with Crippen LogP contribution in [0.3, 0.4) is 0 Å². The number of hydrogen-bond donors (Lipinski definition) is 2. The number of fused-ring (bicyclic) bond motifs is 1. The highest BCUT2D eigenvalue weighted by molar-refractivity contribution is 5.79. The lowest BCUT2D eigenvalue weighted by molar-refractivity contribution is 0.197. The normalized spacial score (nSPS) is 13.6. The molecule has 0 saturated heterocycles. The van der Waals surface area contributed by atoms with Crippen LogP contribution in [-0.2, 0) is 17.6 Å². The van der Waals surface area contributed by atoms with Gasteiger partial charge < -0.3 is 20.1 Å². The van der Waals surface area contributed by atoms with Gasteiger partial charge in [-0.3, -0.25) is 4.99 Å². The first-order valence-electron chi connectivity index (χ1n) is 8.09. The number of hydrogen-bond acceptors (Lipinski definition) is 3. The number of nitrogens with zero attached hydrogens (tertiary/aromatic N) is 1. The van der Waals surface area contributed by atoms with E-state index in [1.54, 1.807) is 7.11 Å². The molecule has 1 aromatic rings. The average Bonchev–Trinajstić information content (AvgIpc) is 2.99. The zero-order valence-corrected chi connectivity index (χ0v) is 13.7. The molecule has 0 amide bonds. The largest absolute Gasteiger partial charge is 0.493 e. The summed E-state index contributed by atoms with van der Waals surface area (Å²) in [5.41, 5.74) is 2.67. The minimum Gasteiger partial charge on any atom is -0.493 e. The minimum absolute atomic E-state index is 0.750. The zero-order valence-electron chi connectivity index (χ0n) is 13.7. The van der Waals surface area contributed by atoms with Crippen LogP contribution in [0.25, 0.3) is 0 Å². The molecule has 0 spiro atoms. The van der Waals surface area contributed by atoms with E-state index >= 15 is 0 Å². The smallest absolute Gasteiger partial charge is 0.191 e. The molecule has 0 aromatic heterocycles. The summed E-state index contributed by atoms with van der Waals surface area (Å²) in [5, 5.41) is 6.65. The van der Waals surface area contributed by atoms with Gasteiger partial charge in [0.15, 0.2) is 5.96 Å². The van der Waals surface area contributed by atoms with Crippen LogP contribution < -0.4 is 15.4 Å². The van der Waals surface area contributed by atoms with Crippen molar-refractivity contribution >= 4 is 5.96 Å². The predicted octanol–water partition coefficient (Wildman–Crippen LogP) is 1.76. The molecule has 22 heavy (non-hydrogen) atoms. The van der Waals surface area contributed by atoms with E-state index in [2.05, 4.69) is 40.7 Å². The maximum atomic E-state index is 5.54. The summed E-state index contributed by atoms with van der Waals surface area (Å²) in [6, 6.07) is 6.49. The lowest BCUT2D eigenvalue weighted by Crippen LogP contribution is -2.38. The molecule has 5 heteroatoms. The summed E-state index contributed by atoms with van der Waals surface area (Å²) in [6.45, 7) is 6.16. The first-order valence-corrected chi connectivity index (χ1v) is 8.09. The van der Waals surface area contributed by atoms with E-state index in [4.69, 9.17) is 9.47 Å². The van der Waals surface area contributed by atoms with Gasteiger partial charge in [0.25, 0.3) is 0 Å². The first kappa shape index (κ1) is 16.6. The number of aliphatic imine (C=N–C) groups is 1. The van der Waals surface area contributed by atoms with Crippen molar-refractivity contribution in [3.8, 4) is 5.75 Å². The molecule has 0 radical (unpaired) electrons. The fourth-order valence-corrected chi connectivity index (χ4v) is 2.46. The Hall–Kier alpha value is -1.75. The number of ether oxygens (including phenoxy) is 2. The van der Waals surface area contributed by atoms with Gasteiger partial charge in [-0.1, -0.05) is 12.1 Å². The molecule has 0 fully saturated rings. The van der Waals surface area contributed by atoms with Gasteiger partial charge in [0.1, 0.15) is 5.75 Å². The Kier molecular flexibility index (Phi) is 7.03. The predicted molar refractivity (Wildman–Crippen MR) is 89.8 cm³/mol. The van der Waals surface area contributed by atoms with E-state index < -0.39 is 0 Å². The summed E-state index contributed by atoms with van der Waals surface area (Å²) in [6.07, 6.45) is 2.95.